The summed E-state index contributed by atoms with van der Waals surface area (Å²) in [6.45, 7) is 0. The molecule has 8 nitrogen and oxygen atoms in total. The third kappa shape index (κ3) is 2.19. The largest absolute Gasteiger partial charge is 0.325 e. The molecule has 0 fully saturated rings. The standard InChI is InChI=1S/C16H15N6O2/c1-20-12(7-6-11-4-2-3-5-13(11)20)8-14-15(22(23)24)9-17-16-18-10-19-21(14)16/h2-7,9-10,14H,8H2,1H3,(H,17,18,19)/q+1. The van der Waals surface area contributed by atoms with Gasteiger partial charge in [-0.05, 0) is 12.1 Å². The molecule has 3 aromatic rings. The fourth-order valence-electron chi connectivity index (χ4n) is 3.10. The van der Waals surface area contributed by atoms with E-state index in [9.17, 15) is 10.1 Å². The predicted octanol–water partition coefficient (Wildman–Crippen LogP) is 1.58. The average molecular weight is 323 g/mol. The van der Waals surface area contributed by atoms with Crippen LogP contribution < -0.4 is 9.88 Å². The van der Waals surface area contributed by atoms with E-state index in [-0.39, 0.29) is 10.6 Å². The molecule has 1 unspecified atom stereocenters. The Bertz CT molecular complexity index is 978. The zero-order valence-electron chi connectivity index (χ0n) is 13.0. The summed E-state index contributed by atoms with van der Waals surface area (Å²) in [7, 11) is 1.97. The van der Waals surface area contributed by atoms with Crippen LogP contribution in [0.15, 0.2) is 54.6 Å². The van der Waals surface area contributed by atoms with Crippen molar-refractivity contribution in [2.75, 3.05) is 5.32 Å². The molecule has 0 amide bonds. The molecule has 1 atom stereocenters. The van der Waals surface area contributed by atoms with Crippen molar-refractivity contribution < 1.29 is 9.49 Å². The Balaban J connectivity index is 1.78. The second kappa shape index (κ2) is 5.41. The fourth-order valence-corrected chi connectivity index (χ4v) is 3.10. The van der Waals surface area contributed by atoms with Crippen LogP contribution in [-0.4, -0.2) is 19.7 Å². The normalized spacial score (nSPS) is 16.4. The van der Waals surface area contributed by atoms with Crippen molar-refractivity contribution in [3.8, 4) is 0 Å². The van der Waals surface area contributed by atoms with Gasteiger partial charge in [-0.25, -0.2) is 4.68 Å². The lowest BCUT2D eigenvalue weighted by Crippen LogP contribution is -2.37. The zero-order valence-corrected chi connectivity index (χ0v) is 13.0. The van der Waals surface area contributed by atoms with Gasteiger partial charge in [0.15, 0.2) is 11.7 Å². The van der Waals surface area contributed by atoms with Crippen LogP contribution in [0.25, 0.3) is 10.9 Å². The van der Waals surface area contributed by atoms with Crippen molar-refractivity contribution in [3.05, 3.63) is 70.4 Å². The van der Waals surface area contributed by atoms with E-state index >= 15 is 0 Å². The van der Waals surface area contributed by atoms with Gasteiger partial charge in [0.25, 0.3) is 5.70 Å². The molecule has 0 radical (unpaired) electrons. The van der Waals surface area contributed by atoms with E-state index in [4.69, 9.17) is 0 Å². The van der Waals surface area contributed by atoms with Gasteiger partial charge in [-0.3, -0.25) is 10.1 Å². The van der Waals surface area contributed by atoms with Crippen LogP contribution in [0.1, 0.15) is 11.7 Å². The maximum Gasteiger partial charge on any atom is 0.287 e. The molecule has 0 bridgehead atoms. The van der Waals surface area contributed by atoms with E-state index in [1.807, 2.05) is 43.4 Å². The summed E-state index contributed by atoms with van der Waals surface area (Å²) in [6.07, 6.45) is 3.24. The van der Waals surface area contributed by atoms with E-state index in [2.05, 4.69) is 20.0 Å². The number of anilines is 1. The van der Waals surface area contributed by atoms with Crippen LogP contribution in [-0.2, 0) is 13.5 Å². The van der Waals surface area contributed by atoms with Gasteiger partial charge < -0.3 is 5.32 Å². The SMILES string of the molecule is C[n+]1c(CC2C([N+](=O)[O-])=CNc3ncnn32)ccc2ccccc21. The summed E-state index contributed by atoms with van der Waals surface area (Å²) in [4.78, 5) is 15.1. The molecule has 2 aromatic heterocycles. The molecule has 1 aromatic carbocycles. The highest BCUT2D eigenvalue weighted by molar-refractivity contribution is 5.75. The van der Waals surface area contributed by atoms with E-state index in [1.54, 1.807) is 4.68 Å². The van der Waals surface area contributed by atoms with Crippen LogP contribution in [0.4, 0.5) is 5.95 Å². The van der Waals surface area contributed by atoms with Gasteiger partial charge in [-0.1, -0.05) is 12.1 Å². The number of benzene rings is 1. The number of nitrogens with zero attached hydrogens (tertiary/aromatic N) is 5. The smallest absolute Gasteiger partial charge is 0.287 e. The zero-order chi connectivity index (χ0) is 16.7. The number of para-hydroxylation sites is 1. The van der Waals surface area contributed by atoms with Crippen LogP contribution in [0.2, 0.25) is 0 Å². The fraction of sp³-hybridized carbons (Fsp3) is 0.188. The van der Waals surface area contributed by atoms with Crippen LogP contribution in [0.5, 0.6) is 0 Å². The number of nitro groups is 1. The Labute approximate surface area is 137 Å². The number of aryl methyl sites for hydroxylation is 1. The highest BCUT2D eigenvalue weighted by atomic mass is 16.6. The third-order valence-electron chi connectivity index (χ3n) is 4.36. The van der Waals surface area contributed by atoms with Gasteiger partial charge in [-0.15, -0.1) is 0 Å². The first-order valence-electron chi connectivity index (χ1n) is 7.52. The highest BCUT2D eigenvalue weighted by Gasteiger charge is 2.35. The summed E-state index contributed by atoms with van der Waals surface area (Å²) in [5, 5.41) is 19.5. The maximum atomic E-state index is 11.4. The highest BCUT2D eigenvalue weighted by Crippen LogP contribution is 2.28. The van der Waals surface area contributed by atoms with Crippen LogP contribution in [0.3, 0.4) is 0 Å². The molecule has 120 valence electrons. The minimum absolute atomic E-state index is 0.0705. The van der Waals surface area contributed by atoms with E-state index in [1.165, 1.54) is 12.5 Å². The first-order valence-corrected chi connectivity index (χ1v) is 7.52. The molecule has 1 aliphatic heterocycles. The Morgan fingerprint density at radius 2 is 2.17 bits per heavy atom. The Kier molecular flexibility index (Phi) is 3.23. The molecule has 0 saturated heterocycles. The summed E-state index contributed by atoms with van der Waals surface area (Å²) in [5.41, 5.74) is 2.13. The number of pyridine rings is 1. The number of nitrogens with one attached hydrogen (secondary N) is 1. The molecule has 4 rings (SSSR count). The maximum absolute atomic E-state index is 11.4. The molecule has 24 heavy (non-hydrogen) atoms. The lowest BCUT2D eigenvalue weighted by Gasteiger charge is -2.19. The quantitative estimate of drug-likeness (QED) is 0.449. The molecule has 0 aliphatic carbocycles. The first-order chi connectivity index (χ1) is 11.6. The lowest BCUT2D eigenvalue weighted by molar-refractivity contribution is -0.653. The van der Waals surface area contributed by atoms with Gasteiger partial charge >= 0.3 is 0 Å². The summed E-state index contributed by atoms with van der Waals surface area (Å²) in [5.74, 6) is 0.508. The monoisotopic (exact) mass is 323 g/mol. The van der Waals surface area contributed by atoms with Crippen molar-refractivity contribution in [1.82, 2.24) is 14.8 Å². The number of allylic oxidation sites excluding steroid dienone is 1. The third-order valence-corrected chi connectivity index (χ3v) is 4.36. The first kappa shape index (κ1) is 14.3. The van der Waals surface area contributed by atoms with Crippen molar-refractivity contribution in [3.63, 3.8) is 0 Å². The number of rotatable bonds is 3. The Morgan fingerprint density at radius 3 is 3.00 bits per heavy atom. The minimum Gasteiger partial charge on any atom is -0.325 e. The van der Waals surface area contributed by atoms with Gasteiger partial charge in [0.05, 0.1) is 17.5 Å². The molecule has 1 aliphatic rings. The number of hydrogen-bond donors (Lipinski definition) is 1. The van der Waals surface area contributed by atoms with Crippen molar-refractivity contribution >= 4 is 16.9 Å². The van der Waals surface area contributed by atoms with Crippen molar-refractivity contribution in [1.29, 1.82) is 0 Å². The summed E-state index contributed by atoms with van der Waals surface area (Å²) >= 11 is 0. The van der Waals surface area contributed by atoms with Crippen molar-refractivity contribution in [2.24, 2.45) is 7.05 Å². The van der Waals surface area contributed by atoms with Gasteiger partial charge in [0, 0.05) is 17.5 Å². The summed E-state index contributed by atoms with van der Waals surface area (Å²) < 4.78 is 3.62. The number of fused-ring (bicyclic) bond motifs is 2. The average Bonchev–Trinajstić information content (AvgIpc) is 3.06. The Hall–Kier alpha value is -3.29. The predicted molar refractivity (Wildman–Crippen MR) is 86.6 cm³/mol. The Morgan fingerprint density at radius 1 is 1.33 bits per heavy atom. The van der Waals surface area contributed by atoms with Crippen molar-refractivity contribution in [2.45, 2.75) is 12.5 Å². The van der Waals surface area contributed by atoms with E-state index in [0.29, 0.717) is 12.4 Å². The molecule has 3 heterocycles. The van der Waals surface area contributed by atoms with Gasteiger partial charge in [0.1, 0.15) is 13.4 Å². The topological polar surface area (TPSA) is 89.8 Å². The molecule has 8 heteroatoms. The second-order valence-corrected chi connectivity index (χ2v) is 5.66. The second-order valence-electron chi connectivity index (χ2n) is 5.66. The molecule has 0 spiro atoms. The van der Waals surface area contributed by atoms with Gasteiger partial charge in [0.2, 0.25) is 11.5 Å². The van der Waals surface area contributed by atoms with E-state index < -0.39 is 6.04 Å². The van der Waals surface area contributed by atoms with Gasteiger partial charge in [-0.2, -0.15) is 14.6 Å². The number of hydrogen-bond acceptors (Lipinski definition) is 5. The molecular weight excluding hydrogens is 308 g/mol. The summed E-state index contributed by atoms with van der Waals surface area (Å²) in [6, 6.07) is 11.6. The van der Waals surface area contributed by atoms with E-state index in [0.717, 1.165) is 16.6 Å². The molecular formula is C16H15N6O2+. The lowest BCUT2D eigenvalue weighted by atomic mass is 10.1. The van der Waals surface area contributed by atoms with Crippen LogP contribution >= 0.6 is 0 Å². The molecule has 1 N–H and O–H groups in total. The minimum atomic E-state index is -0.508. The van der Waals surface area contributed by atoms with Crippen LogP contribution in [0, 0.1) is 10.1 Å². The number of aromatic nitrogens is 4. The molecule has 0 saturated carbocycles.